The van der Waals surface area contributed by atoms with E-state index in [9.17, 15) is 4.79 Å². The second-order valence-corrected chi connectivity index (χ2v) is 6.98. The van der Waals surface area contributed by atoms with Crippen molar-refractivity contribution in [1.82, 2.24) is 9.80 Å². The van der Waals surface area contributed by atoms with E-state index in [1.165, 1.54) is 11.1 Å². The molecule has 0 radical (unpaired) electrons. The third-order valence-electron chi connectivity index (χ3n) is 4.86. The van der Waals surface area contributed by atoms with Gasteiger partial charge in [-0.1, -0.05) is 13.8 Å². The van der Waals surface area contributed by atoms with E-state index >= 15 is 0 Å². The minimum absolute atomic E-state index is 0.201. The highest BCUT2D eigenvalue weighted by Crippen LogP contribution is 2.29. The first-order valence-corrected chi connectivity index (χ1v) is 8.42. The Balaban J connectivity index is 1.82. The van der Waals surface area contributed by atoms with E-state index in [2.05, 4.69) is 44.9 Å². The zero-order valence-corrected chi connectivity index (χ0v) is 14.6. The second kappa shape index (κ2) is 6.36. The number of hydrogen-bond donors (Lipinski definition) is 0. The normalized spacial score (nSPS) is 16.5. The number of fused-ring (bicyclic) bond motifs is 1. The van der Waals surface area contributed by atoms with Crippen molar-refractivity contribution < 1.29 is 9.21 Å². The first-order valence-electron chi connectivity index (χ1n) is 8.42. The number of carbonyl (C=O) groups excluding carboxylic acids is 1. The summed E-state index contributed by atoms with van der Waals surface area (Å²) in [5, 5.41) is 1.08. The first-order chi connectivity index (χ1) is 11.0. The van der Waals surface area contributed by atoms with Gasteiger partial charge >= 0.3 is 0 Å². The molecule has 0 saturated carbocycles. The van der Waals surface area contributed by atoms with Gasteiger partial charge in [-0.15, -0.1) is 0 Å². The van der Waals surface area contributed by atoms with Gasteiger partial charge < -0.3 is 14.2 Å². The van der Waals surface area contributed by atoms with E-state index in [1.54, 1.807) is 6.26 Å². The Labute approximate surface area is 138 Å². The van der Waals surface area contributed by atoms with Crippen LogP contribution in [0.25, 0.3) is 11.0 Å². The highest BCUT2D eigenvalue weighted by molar-refractivity contribution is 5.88. The molecule has 0 bridgehead atoms. The van der Waals surface area contributed by atoms with Gasteiger partial charge in [0.15, 0.2) is 0 Å². The van der Waals surface area contributed by atoms with E-state index in [1.807, 2.05) is 4.90 Å². The highest BCUT2D eigenvalue weighted by atomic mass is 16.3. The van der Waals surface area contributed by atoms with E-state index in [0.29, 0.717) is 12.3 Å². The lowest BCUT2D eigenvalue weighted by atomic mass is 9.95. The first kappa shape index (κ1) is 16.1. The van der Waals surface area contributed by atoms with Crippen LogP contribution < -0.4 is 0 Å². The van der Waals surface area contributed by atoms with Crippen molar-refractivity contribution in [3.05, 3.63) is 35.1 Å². The van der Waals surface area contributed by atoms with Crippen LogP contribution in [0.1, 0.15) is 36.5 Å². The van der Waals surface area contributed by atoms with Gasteiger partial charge in [-0.05, 0) is 43.1 Å². The Morgan fingerprint density at radius 2 is 1.91 bits per heavy atom. The summed E-state index contributed by atoms with van der Waals surface area (Å²) in [6.45, 7) is 10.1. The summed E-state index contributed by atoms with van der Waals surface area (Å²) in [7, 11) is 2.10. The number of furan rings is 1. The highest BCUT2D eigenvalue weighted by Gasteiger charge is 2.21. The van der Waals surface area contributed by atoms with Crippen molar-refractivity contribution in [2.24, 2.45) is 0 Å². The molecule has 0 aliphatic carbocycles. The average molecular weight is 314 g/mol. The molecule has 2 heterocycles. The molecule has 1 amide bonds. The summed E-state index contributed by atoms with van der Waals surface area (Å²) in [5.41, 5.74) is 4.46. The summed E-state index contributed by atoms with van der Waals surface area (Å²) in [6, 6.07) is 4.29. The molecule has 2 aromatic rings. The van der Waals surface area contributed by atoms with Crippen molar-refractivity contribution in [3.63, 3.8) is 0 Å². The van der Waals surface area contributed by atoms with Gasteiger partial charge in [-0.25, -0.2) is 0 Å². The average Bonchev–Trinajstić information content (AvgIpc) is 2.88. The maximum absolute atomic E-state index is 12.6. The van der Waals surface area contributed by atoms with Crippen LogP contribution in [0, 0.1) is 6.92 Å². The van der Waals surface area contributed by atoms with Crippen LogP contribution in [0.15, 0.2) is 22.8 Å². The number of likely N-dealkylation sites (N-methyl/N-ethyl adjacent to an activating group) is 1. The van der Waals surface area contributed by atoms with E-state index in [4.69, 9.17) is 4.42 Å². The van der Waals surface area contributed by atoms with Gasteiger partial charge in [0.2, 0.25) is 5.91 Å². The van der Waals surface area contributed by atoms with E-state index < -0.39 is 0 Å². The second-order valence-electron chi connectivity index (χ2n) is 6.98. The minimum atomic E-state index is 0.201. The molecule has 0 unspecified atom stereocenters. The predicted molar refractivity (Wildman–Crippen MR) is 92.8 cm³/mol. The largest absolute Gasteiger partial charge is 0.464 e. The molecular formula is C19H26N2O2. The standard InChI is InChI=1S/C19H26N2O2/c1-13(2)16-11-17-15(12-23-18(17)9-14(16)3)10-19(22)21-7-5-20(4)6-8-21/h9,11-13H,5-8,10H2,1-4H3. The fourth-order valence-electron chi connectivity index (χ4n) is 3.33. The Bertz CT molecular complexity index is 709. The molecule has 1 saturated heterocycles. The van der Waals surface area contributed by atoms with Gasteiger partial charge in [-0.2, -0.15) is 0 Å². The summed E-state index contributed by atoms with van der Waals surface area (Å²) < 4.78 is 5.69. The number of carbonyl (C=O) groups is 1. The predicted octanol–water partition coefficient (Wildman–Crippen LogP) is 3.18. The number of nitrogens with zero attached hydrogens (tertiary/aromatic N) is 2. The molecule has 124 valence electrons. The Morgan fingerprint density at radius 1 is 1.22 bits per heavy atom. The molecule has 0 spiro atoms. The van der Waals surface area contributed by atoms with Crippen molar-refractivity contribution in [3.8, 4) is 0 Å². The maximum Gasteiger partial charge on any atom is 0.227 e. The Morgan fingerprint density at radius 3 is 2.57 bits per heavy atom. The maximum atomic E-state index is 12.6. The molecule has 1 aliphatic heterocycles. The quantitative estimate of drug-likeness (QED) is 0.873. The summed E-state index contributed by atoms with van der Waals surface area (Å²) in [6.07, 6.45) is 2.18. The lowest BCUT2D eigenvalue weighted by Gasteiger charge is -2.32. The molecule has 1 aromatic heterocycles. The zero-order valence-electron chi connectivity index (χ0n) is 14.6. The lowest BCUT2D eigenvalue weighted by Crippen LogP contribution is -2.47. The number of amides is 1. The van der Waals surface area contributed by atoms with E-state index in [0.717, 1.165) is 42.7 Å². The number of hydrogen-bond acceptors (Lipinski definition) is 3. The molecule has 4 nitrogen and oxygen atoms in total. The SMILES string of the molecule is Cc1cc2occ(CC(=O)N3CCN(C)CC3)c2cc1C(C)C. The monoisotopic (exact) mass is 314 g/mol. The van der Waals surface area contributed by atoms with Crippen LogP contribution in [0.4, 0.5) is 0 Å². The van der Waals surface area contributed by atoms with Gasteiger partial charge in [0, 0.05) is 37.1 Å². The molecule has 0 atom stereocenters. The van der Waals surface area contributed by atoms with Gasteiger partial charge in [0.25, 0.3) is 0 Å². The van der Waals surface area contributed by atoms with Crippen LogP contribution in [0.2, 0.25) is 0 Å². The van der Waals surface area contributed by atoms with Crippen molar-refractivity contribution in [2.75, 3.05) is 33.2 Å². The van der Waals surface area contributed by atoms with Crippen LogP contribution in [-0.2, 0) is 11.2 Å². The van der Waals surface area contributed by atoms with Gasteiger partial charge in [-0.3, -0.25) is 4.79 Å². The third-order valence-corrected chi connectivity index (χ3v) is 4.86. The van der Waals surface area contributed by atoms with Crippen LogP contribution in [0.5, 0.6) is 0 Å². The van der Waals surface area contributed by atoms with Crippen LogP contribution in [-0.4, -0.2) is 48.9 Å². The topological polar surface area (TPSA) is 36.7 Å². The summed E-state index contributed by atoms with van der Waals surface area (Å²) >= 11 is 0. The molecule has 4 heteroatoms. The zero-order chi connectivity index (χ0) is 16.6. The Kier molecular flexibility index (Phi) is 4.44. The number of rotatable bonds is 3. The fourth-order valence-corrected chi connectivity index (χ4v) is 3.33. The van der Waals surface area contributed by atoms with Crippen molar-refractivity contribution >= 4 is 16.9 Å². The Hall–Kier alpha value is -1.81. The molecule has 3 rings (SSSR count). The summed E-state index contributed by atoms with van der Waals surface area (Å²) in [5.74, 6) is 0.669. The smallest absolute Gasteiger partial charge is 0.227 e. The molecular weight excluding hydrogens is 288 g/mol. The minimum Gasteiger partial charge on any atom is -0.464 e. The molecule has 1 fully saturated rings. The fraction of sp³-hybridized carbons (Fsp3) is 0.526. The van der Waals surface area contributed by atoms with Crippen LogP contribution >= 0.6 is 0 Å². The van der Waals surface area contributed by atoms with E-state index in [-0.39, 0.29) is 5.91 Å². The van der Waals surface area contributed by atoms with Gasteiger partial charge in [0.05, 0.1) is 12.7 Å². The lowest BCUT2D eigenvalue weighted by molar-refractivity contribution is -0.132. The summed E-state index contributed by atoms with van der Waals surface area (Å²) in [4.78, 5) is 16.8. The number of aryl methyl sites for hydroxylation is 1. The van der Waals surface area contributed by atoms with Crippen molar-refractivity contribution in [2.45, 2.75) is 33.1 Å². The number of piperazine rings is 1. The van der Waals surface area contributed by atoms with Gasteiger partial charge in [0.1, 0.15) is 5.58 Å². The molecule has 1 aromatic carbocycles. The number of benzene rings is 1. The molecule has 1 aliphatic rings. The molecule has 0 N–H and O–H groups in total. The van der Waals surface area contributed by atoms with Crippen LogP contribution in [0.3, 0.4) is 0 Å². The van der Waals surface area contributed by atoms with Crippen molar-refractivity contribution in [1.29, 1.82) is 0 Å². The molecule has 23 heavy (non-hydrogen) atoms. The third kappa shape index (κ3) is 3.27.